The molecule has 1 amide bonds. The van der Waals surface area contributed by atoms with Crippen LogP contribution in [0.15, 0.2) is 48.8 Å². The number of imidazole rings is 1. The van der Waals surface area contributed by atoms with E-state index in [1.807, 2.05) is 36.2 Å². The van der Waals surface area contributed by atoms with Gasteiger partial charge in [0.2, 0.25) is 0 Å². The van der Waals surface area contributed by atoms with Crippen molar-refractivity contribution in [3.05, 3.63) is 77.1 Å². The lowest BCUT2D eigenvalue weighted by Gasteiger charge is -2.42. The molecule has 8 rings (SSSR count). The van der Waals surface area contributed by atoms with Crippen LogP contribution >= 0.6 is 0 Å². The van der Waals surface area contributed by atoms with E-state index < -0.39 is 24.3 Å². The first kappa shape index (κ1) is 22.3. The van der Waals surface area contributed by atoms with Gasteiger partial charge < -0.3 is 15.2 Å². The maximum absolute atomic E-state index is 13.5. The van der Waals surface area contributed by atoms with Crippen molar-refractivity contribution in [3.8, 4) is 11.1 Å². The molecule has 9 heteroatoms. The van der Waals surface area contributed by atoms with E-state index in [2.05, 4.69) is 26.7 Å². The number of nitrogens with two attached hydrogens (primary N) is 1. The summed E-state index contributed by atoms with van der Waals surface area (Å²) in [5, 5.41) is 0. The highest BCUT2D eigenvalue weighted by Gasteiger charge is 2.57. The van der Waals surface area contributed by atoms with Gasteiger partial charge >= 0.3 is 0 Å². The van der Waals surface area contributed by atoms with Gasteiger partial charge in [-0.1, -0.05) is 18.2 Å². The fraction of sp³-hybridized carbons (Fsp3) is 0.379. The van der Waals surface area contributed by atoms with Gasteiger partial charge in [0.15, 0.2) is 0 Å². The molecule has 0 radical (unpaired) electrons. The molecule has 38 heavy (non-hydrogen) atoms. The predicted molar refractivity (Wildman–Crippen MR) is 137 cm³/mol. The fourth-order valence-electron chi connectivity index (χ4n) is 6.84. The zero-order valence-corrected chi connectivity index (χ0v) is 20.9. The Morgan fingerprint density at radius 1 is 1.03 bits per heavy atom. The van der Waals surface area contributed by atoms with Gasteiger partial charge in [-0.25, -0.2) is 23.7 Å². The van der Waals surface area contributed by atoms with Gasteiger partial charge in [0.25, 0.3) is 11.8 Å². The van der Waals surface area contributed by atoms with Crippen LogP contribution in [0, 0.1) is 0 Å². The van der Waals surface area contributed by atoms with Crippen LogP contribution in [-0.2, 0) is 5.54 Å². The molecule has 2 aromatic heterocycles. The summed E-state index contributed by atoms with van der Waals surface area (Å²) in [5.74, 6) is -1.01. The number of halogens is 2. The van der Waals surface area contributed by atoms with E-state index >= 15 is 0 Å². The lowest BCUT2D eigenvalue weighted by Crippen LogP contribution is -2.56. The van der Waals surface area contributed by atoms with Crippen LogP contribution in [0.2, 0.25) is 0 Å². The summed E-state index contributed by atoms with van der Waals surface area (Å²) in [4.78, 5) is 29.0. The molecule has 0 saturated heterocycles. The normalized spacial score (nSPS) is 24.6. The molecule has 2 aromatic carbocycles. The van der Waals surface area contributed by atoms with Gasteiger partial charge in [-0.15, -0.1) is 0 Å². The quantitative estimate of drug-likeness (QED) is 0.414. The summed E-state index contributed by atoms with van der Waals surface area (Å²) in [6, 6.07) is 12.2. The molecule has 2 bridgehead atoms. The number of carbonyl (C=O) groups is 1. The first-order chi connectivity index (χ1) is 18.2. The highest BCUT2D eigenvalue weighted by molar-refractivity contribution is 5.97. The monoisotopic (exact) mass is 512 g/mol. The van der Waals surface area contributed by atoms with Crippen molar-refractivity contribution in [2.24, 2.45) is 5.73 Å². The standard InChI is InChI=1S/C29H26F2N6O/c1-36-23-10-22(24-18(15-5-6-15)3-2-4-19(24)26(36)38)37-21-9-16(7-8-20(21)35-25(23)37)17-11-33-27(34-12-17)28(32)13-29(30,31)14-28/h2-4,7-9,11-12,15,22-23H,5-6,10,13-14,32H2,1H3/t22-,23-/m1/s1. The molecule has 2 saturated carbocycles. The molecule has 4 aliphatic rings. The molecule has 2 N–H and O–H groups in total. The Morgan fingerprint density at radius 2 is 1.79 bits per heavy atom. The van der Waals surface area contributed by atoms with Crippen molar-refractivity contribution >= 4 is 16.9 Å². The number of alkyl halides is 2. The van der Waals surface area contributed by atoms with Crippen LogP contribution in [0.3, 0.4) is 0 Å². The van der Waals surface area contributed by atoms with E-state index in [9.17, 15) is 13.6 Å². The smallest absolute Gasteiger partial charge is 0.254 e. The minimum absolute atomic E-state index is 0.0342. The number of amides is 1. The van der Waals surface area contributed by atoms with Gasteiger partial charge in [0.05, 0.1) is 28.7 Å². The minimum Gasteiger partial charge on any atom is -0.331 e. The summed E-state index contributed by atoms with van der Waals surface area (Å²) >= 11 is 0. The zero-order chi connectivity index (χ0) is 26.0. The average Bonchev–Trinajstić information content (AvgIpc) is 3.60. The van der Waals surface area contributed by atoms with Crippen molar-refractivity contribution in [2.45, 2.75) is 61.6 Å². The molecule has 0 spiro atoms. The second kappa shape index (κ2) is 7.22. The molecule has 7 nitrogen and oxygen atoms in total. The van der Waals surface area contributed by atoms with E-state index in [4.69, 9.17) is 10.7 Å². The zero-order valence-electron chi connectivity index (χ0n) is 20.9. The summed E-state index contributed by atoms with van der Waals surface area (Å²) in [6.07, 6.45) is 5.58. The van der Waals surface area contributed by atoms with Crippen LogP contribution in [0.25, 0.3) is 22.2 Å². The third-order valence-electron chi connectivity index (χ3n) is 8.86. The van der Waals surface area contributed by atoms with Crippen LogP contribution in [0.5, 0.6) is 0 Å². The lowest BCUT2D eigenvalue weighted by molar-refractivity contribution is -0.127. The van der Waals surface area contributed by atoms with E-state index in [0.717, 1.165) is 58.4 Å². The van der Waals surface area contributed by atoms with Gasteiger partial charge in [-0.2, -0.15) is 0 Å². The molecule has 192 valence electrons. The summed E-state index contributed by atoms with van der Waals surface area (Å²) in [7, 11) is 1.88. The van der Waals surface area contributed by atoms with Crippen LogP contribution in [0.4, 0.5) is 8.78 Å². The molecule has 2 aliphatic carbocycles. The van der Waals surface area contributed by atoms with Crippen LogP contribution in [-0.4, -0.2) is 43.3 Å². The Bertz CT molecular complexity index is 1650. The Morgan fingerprint density at radius 3 is 2.50 bits per heavy atom. The van der Waals surface area contributed by atoms with Crippen molar-refractivity contribution in [1.29, 1.82) is 0 Å². The number of aromatic nitrogens is 4. The van der Waals surface area contributed by atoms with Crippen LogP contribution in [0.1, 0.15) is 83.2 Å². The predicted octanol–water partition coefficient (Wildman–Crippen LogP) is 5.07. The Balaban J connectivity index is 1.24. The fourth-order valence-corrected chi connectivity index (χ4v) is 6.84. The van der Waals surface area contributed by atoms with E-state index in [-0.39, 0.29) is 23.8 Å². The van der Waals surface area contributed by atoms with Gasteiger partial charge in [0, 0.05) is 49.8 Å². The first-order valence-electron chi connectivity index (χ1n) is 13.1. The number of rotatable bonds is 3. The number of hydrogen-bond acceptors (Lipinski definition) is 5. The maximum atomic E-state index is 13.5. The molecule has 4 heterocycles. The second-order valence-corrected chi connectivity index (χ2v) is 11.5. The van der Waals surface area contributed by atoms with Crippen molar-refractivity contribution in [3.63, 3.8) is 0 Å². The number of fused-ring (bicyclic) bond motifs is 9. The van der Waals surface area contributed by atoms with Crippen molar-refractivity contribution in [1.82, 2.24) is 24.4 Å². The molecule has 2 atom stereocenters. The highest BCUT2D eigenvalue weighted by Crippen LogP contribution is 2.52. The number of benzene rings is 2. The van der Waals surface area contributed by atoms with E-state index in [0.29, 0.717) is 5.92 Å². The largest absolute Gasteiger partial charge is 0.331 e. The molecule has 2 fully saturated rings. The maximum Gasteiger partial charge on any atom is 0.254 e. The lowest BCUT2D eigenvalue weighted by atomic mass is 9.73. The average molecular weight is 513 g/mol. The van der Waals surface area contributed by atoms with Gasteiger partial charge in [-0.3, -0.25) is 4.79 Å². The Hall–Kier alpha value is -3.72. The number of nitrogens with zero attached hydrogens (tertiary/aromatic N) is 5. The van der Waals surface area contributed by atoms with Crippen molar-refractivity contribution < 1.29 is 13.6 Å². The van der Waals surface area contributed by atoms with Crippen LogP contribution < -0.4 is 5.73 Å². The molecular weight excluding hydrogens is 486 g/mol. The summed E-state index contributed by atoms with van der Waals surface area (Å²) in [5.41, 5.74) is 11.8. The van der Waals surface area contributed by atoms with E-state index in [1.165, 1.54) is 5.56 Å². The molecule has 0 unspecified atom stereocenters. The third kappa shape index (κ3) is 3.02. The molecule has 2 aliphatic heterocycles. The molecular formula is C29H26F2N6O. The first-order valence-corrected chi connectivity index (χ1v) is 13.1. The van der Waals surface area contributed by atoms with Crippen molar-refractivity contribution in [2.75, 3.05) is 7.05 Å². The topological polar surface area (TPSA) is 89.9 Å². The summed E-state index contributed by atoms with van der Waals surface area (Å²) < 4.78 is 29.2. The number of carbonyl (C=O) groups excluding carboxylic acids is 1. The summed E-state index contributed by atoms with van der Waals surface area (Å²) in [6.45, 7) is 0. The number of hydrogen-bond donors (Lipinski definition) is 1. The SMILES string of the molecule is CN1C(=O)c2cccc(C3CC3)c2[C@H]2C[C@@H]1c1nc3ccc(-c4cnc(C5(N)CC(F)(F)C5)nc4)cc3n12. The Kier molecular flexibility index (Phi) is 4.24. The van der Waals surface area contributed by atoms with Gasteiger partial charge in [0.1, 0.15) is 11.6 Å². The second-order valence-electron chi connectivity index (χ2n) is 11.5. The minimum atomic E-state index is -2.75. The third-order valence-corrected chi connectivity index (χ3v) is 8.86. The molecule has 4 aromatic rings. The van der Waals surface area contributed by atoms with Gasteiger partial charge in [-0.05, 0) is 53.6 Å². The van der Waals surface area contributed by atoms with E-state index in [1.54, 1.807) is 12.4 Å². The highest BCUT2D eigenvalue weighted by atomic mass is 19.3. The Labute approximate surface area is 217 Å².